The minimum absolute atomic E-state index is 0.0629. The number of carbonyl (C=O) groups is 2. The molecule has 1 aromatic carbocycles. The van der Waals surface area contributed by atoms with E-state index in [4.69, 9.17) is 9.47 Å². The fraction of sp³-hybridized carbons (Fsp3) is 0.318. The van der Waals surface area contributed by atoms with Gasteiger partial charge in [-0.25, -0.2) is 5.01 Å². The van der Waals surface area contributed by atoms with Crippen LogP contribution in [0.25, 0.3) is 6.08 Å². The summed E-state index contributed by atoms with van der Waals surface area (Å²) in [6, 6.07) is 9.16. The third-order valence-electron chi connectivity index (χ3n) is 4.77. The highest BCUT2D eigenvalue weighted by molar-refractivity contribution is 5.93. The largest absolute Gasteiger partial charge is 0.497 e. The smallest absolute Gasteiger partial charge is 0.265 e. The summed E-state index contributed by atoms with van der Waals surface area (Å²) in [7, 11) is 3.16. The molecule has 1 saturated heterocycles. The number of aryl methyl sites for hydroxylation is 1. The Morgan fingerprint density at radius 1 is 1.14 bits per heavy atom. The normalized spacial score (nSPS) is 13.7. The van der Waals surface area contributed by atoms with E-state index in [9.17, 15) is 9.59 Å². The van der Waals surface area contributed by atoms with Crippen LogP contribution >= 0.6 is 0 Å². The molecule has 2 amide bonds. The number of amides is 2. The Morgan fingerprint density at radius 2 is 1.97 bits per heavy atom. The number of carbonyl (C=O) groups excluding carboxylic acids is 2. The van der Waals surface area contributed by atoms with Crippen LogP contribution in [0.15, 0.2) is 48.8 Å². The molecule has 1 aromatic heterocycles. The zero-order valence-electron chi connectivity index (χ0n) is 16.7. The SMILES string of the molecule is COc1ccc(OC)c(C=CC(=O)N2CCCN2C(=O)CCc2cccnc2)c1. The summed E-state index contributed by atoms with van der Waals surface area (Å²) in [5.74, 6) is 1.01. The van der Waals surface area contributed by atoms with Gasteiger partial charge in [0.25, 0.3) is 5.91 Å². The highest BCUT2D eigenvalue weighted by Crippen LogP contribution is 2.25. The Bertz CT molecular complexity index is 883. The van der Waals surface area contributed by atoms with E-state index in [2.05, 4.69) is 4.98 Å². The number of nitrogens with zero attached hydrogens (tertiary/aromatic N) is 3. The highest BCUT2D eigenvalue weighted by Gasteiger charge is 2.29. The number of ether oxygens (including phenoxy) is 2. The predicted molar refractivity (Wildman–Crippen MR) is 109 cm³/mol. The Kier molecular flexibility index (Phi) is 6.84. The van der Waals surface area contributed by atoms with Crippen LogP contribution in [0.1, 0.15) is 24.0 Å². The number of methoxy groups -OCH3 is 2. The summed E-state index contributed by atoms with van der Waals surface area (Å²) >= 11 is 0. The molecule has 0 spiro atoms. The van der Waals surface area contributed by atoms with E-state index in [0.717, 1.165) is 17.5 Å². The molecule has 2 aromatic rings. The zero-order chi connectivity index (χ0) is 20.6. The average Bonchev–Trinajstić information content (AvgIpc) is 3.26. The molecule has 2 heterocycles. The summed E-state index contributed by atoms with van der Waals surface area (Å²) in [5.41, 5.74) is 1.73. The standard InChI is InChI=1S/C22H25N3O4/c1-28-19-8-9-20(29-2)18(15-19)7-11-22(27)25-14-4-13-24(25)21(26)10-6-17-5-3-12-23-16-17/h3,5,7-9,11-12,15-16H,4,6,10,13-14H2,1-2H3. The fourth-order valence-corrected chi connectivity index (χ4v) is 3.24. The van der Waals surface area contributed by atoms with Gasteiger partial charge in [0.1, 0.15) is 11.5 Å². The molecule has 152 valence electrons. The third kappa shape index (κ3) is 5.13. The number of hydrazine groups is 1. The van der Waals surface area contributed by atoms with Crippen LogP contribution in [-0.2, 0) is 16.0 Å². The van der Waals surface area contributed by atoms with Crippen LogP contribution in [0.4, 0.5) is 0 Å². The van der Waals surface area contributed by atoms with Crippen LogP contribution < -0.4 is 9.47 Å². The zero-order valence-corrected chi connectivity index (χ0v) is 16.7. The summed E-state index contributed by atoms with van der Waals surface area (Å²) < 4.78 is 10.6. The van der Waals surface area contributed by atoms with Gasteiger partial charge in [0.2, 0.25) is 5.91 Å². The van der Waals surface area contributed by atoms with Gasteiger partial charge in [-0.2, -0.15) is 0 Å². The van der Waals surface area contributed by atoms with Gasteiger partial charge in [-0.3, -0.25) is 19.6 Å². The minimum atomic E-state index is -0.234. The molecular weight excluding hydrogens is 370 g/mol. The van der Waals surface area contributed by atoms with Gasteiger partial charge in [0.05, 0.1) is 14.2 Å². The van der Waals surface area contributed by atoms with Gasteiger partial charge in [0, 0.05) is 43.5 Å². The van der Waals surface area contributed by atoms with Gasteiger partial charge < -0.3 is 9.47 Å². The molecule has 0 radical (unpaired) electrons. The Labute approximate surface area is 170 Å². The molecule has 0 bridgehead atoms. The summed E-state index contributed by atoms with van der Waals surface area (Å²) in [6.07, 6.45) is 8.30. The molecule has 1 fully saturated rings. The van der Waals surface area contributed by atoms with Crippen molar-refractivity contribution in [2.45, 2.75) is 19.3 Å². The average molecular weight is 395 g/mol. The van der Waals surface area contributed by atoms with Crippen molar-refractivity contribution in [3.63, 3.8) is 0 Å². The Morgan fingerprint density at radius 3 is 2.69 bits per heavy atom. The Hall–Kier alpha value is -3.35. The topological polar surface area (TPSA) is 72.0 Å². The van der Waals surface area contributed by atoms with E-state index in [1.165, 1.54) is 11.1 Å². The van der Waals surface area contributed by atoms with E-state index in [1.54, 1.807) is 55.9 Å². The van der Waals surface area contributed by atoms with Gasteiger partial charge in [-0.05, 0) is 48.7 Å². The maximum absolute atomic E-state index is 12.7. The van der Waals surface area contributed by atoms with Gasteiger partial charge in [-0.1, -0.05) is 6.07 Å². The van der Waals surface area contributed by atoms with Crippen molar-refractivity contribution < 1.29 is 19.1 Å². The maximum atomic E-state index is 12.7. The van der Waals surface area contributed by atoms with Crippen molar-refractivity contribution in [1.82, 2.24) is 15.0 Å². The first-order valence-electron chi connectivity index (χ1n) is 9.53. The van der Waals surface area contributed by atoms with Gasteiger partial charge in [-0.15, -0.1) is 0 Å². The molecule has 7 nitrogen and oxygen atoms in total. The first-order chi connectivity index (χ1) is 14.1. The summed E-state index contributed by atoms with van der Waals surface area (Å²) in [4.78, 5) is 29.4. The van der Waals surface area contributed by atoms with E-state index >= 15 is 0 Å². The second kappa shape index (κ2) is 9.73. The van der Waals surface area contributed by atoms with Gasteiger partial charge in [0.15, 0.2) is 0 Å². The van der Waals surface area contributed by atoms with Crippen molar-refractivity contribution in [2.75, 3.05) is 27.3 Å². The molecule has 29 heavy (non-hydrogen) atoms. The van der Waals surface area contributed by atoms with Crippen LogP contribution in [0, 0.1) is 0 Å². The lowest BCUT2D eigenvalue weighted by Gasteiger charge is -2.27. The summed E-state index contributed by atoms with van der Waals surface area (Å²) in [6.45, 7) is 1.07. The molecule has 0 N–H and O–H groups in total. The van der Waals surface area contributed by atoms with Crippen molar-refractivity contribution in [2.24, 2.45) is 0 Å². The summed E-state index contributed by atoms with van der Waals surface area (Å²) in [5, 5.41) is 3.06. The van der Waals surface area contributed by atoms with Crippen LogP contribution in [-0.4, -0.2) is 54.1 Å². The highest BCUT2D eigenvalue weighted by atomic mass is 16.5. The number of aromatic nitrogens is 1. The molecule has 0 unspecified atom stereocenters. The van der Waals surface area contributed by atoms with Gasteiger partial charge >= 0.3 is 0 Å². The van der Waals surface area contributed by atoms with E-state index < -0.39 is 0 Å². The second-order valence-corrected chi connectivity index (χ2v) is 6.63. The minimum Gasteiger partial charge on any atom is -0.497 e. The quantitative estimate of drug-likeness (QED) is 0.674. The number of pyridine rings is 1. The van der Waals surface area contributed by atoms with Crippen LogP contribution in [0.3, 0.4) is 0 Å². The van der Waals surface area contributed by atoms with Crippen molar-refractivity contribution in [3.05, 3.63) is 59.9 Å². The molecule has 3 rings (SSSR count). The third-order valence-corrected chi connectivity index (χ3v) is 4.77. The molecular formula is C22H25N3O4. The predicted octanol–water partition coefficient (Wildman–Crippen LogP) is 2.72. The van der Waals surface area contributed by atoms with E-state index in [-0.39, 0.29) is 11.8 Å². The number of hydrogen-bond acceptors (Lipinski definition) is 5. The number of hydrogen-bond donors (Lipinski definition) is 0. The molecule has 0 atom stereocenters. The van der Waals surface area contributed by atoms with Crippen LogP contribution in [0.5, 0.6) is 11.5 Å². The monoisotopic (exact) mass is 395 g/mol. The van der Waals surface area contributed by atoms with Crippen molar-refractivity contribution >= 4 is 17.9 Å². The number of rotatable bonds is 7. The van der Waals surface area contributed by atoms with Crippen molar-refractivity contribution in [3.8, 4) is 11.5 Å². The lowest BCUT2D eigenvalue weighted by atomic mass is 10.1. The molecule has 1 aliphatic heterocycles. The van der Waals surface area contributed by atoms with E-state index in [1.807, 2.05) is 12.1 Å². The molecule has 0 saturated carbocycles. The molecule has 7 heteroatoms. The lowest BCUT2D eigenvalue weighted by Crippen LogP contribution is -2.44. The fourth-order valence-electron chi connectivity index (χ4n) is 3.24. The second-order valence-electron chi connectivity index (χ2n) is 6.63. The van der Waals surface area contributed by atoms with Crippen LogP contribution in [0.2, 0.25) is 0 Å². The van der Waals surface area contributed by atoms with Crippen molar-refractivity contribution in [1.29, 1.82) is 0 Å². The first-order valence-corrected chi connectivity index (χ1v) is 9.53. The lowest BCUT2D eigenvalue weighted by molar-refractivity contribution is -0.154. The molecule has 1 aliphatic rings. The Balaban J connectivity index is 1.65. The molecule has 0 aliphatic carbocycles. The maximum Gasteiger partial charge on any atom is 0.265 e. The van der Waals surface area contributed by atoms with E-state index in [0.29, 0.717) is 37.4 Å². The first kappa shape index (κ1) is 20.4. The number of benzene rings is 1.